The first-order chi connectivity index (χ1) is 26.8. The molecule has 0 radical (unpaired) electrons. The van der Waals surface area contributed by atoms with Gasteiger partial charge in [0.2, 0.25) is 34.8 Å². The van der Waals surface area contributed by atoms with Gasteiger partial charge in [-0.25, -0.2) is 13.2 Å². The standard InChI is InChI=1S/C36H57F5O14/c1-2-3-4-5-6-29(42)54-28-27-53-26-25-52-24-23-51-22-21-50-20-19-49-18-17-48-16-15-47-14-13-46-12-11-45-10-9-44-8-7-30(43)55-36-34(40)32(38)31(37)33(39)35(36)41/h2-28H2,1H3. The van der Waals surface area contributed by atoms with E-state index < -0.39 is 47.2 Å². The first-order valence-electron chi connectivity index (χ1n) is 18.4. The first kappa shape index (κ1) is 50.4. The molecule has 0 unspecified atom stereocenters. The highest BCUT2D eigenvalue weighted by Gasteiger charge is 2.28. The molecule has 0 amide bonds. The van der Waals surface area contributed by atoms with Gasteiger partial charge in [-0.15, -0.1) is 0 Å². The summed E-state index contributed by atoms with van der Waals surface area (Å²) in [5.41, 5.74) is 0. The van der Waals surface area contributed by atoms with Crippen LogP contribution in [-0.4, -0.2) is 151 Å². The van der Waals surface area contributed by atoms with Crippen molar-refractivity contribution >= 4 is 11.9 Å². The Labute approximate surface area is 319 Å². The zero-order valence-corrected chi connectivity index (χ0v) is 31.7. The minimum Gasteiger partial charge on any atom is -0.463 e. The smallest absolute Gasteiger partial charge is 0.313 e. The van der Waals surface area contributed by atoms with Gasteiger partial charge in [0, 0.05) is 6.42 Å². The monoisotopic (exact) mass is 808 g/mol. The third kappa shape index (κ3) is 27.6. The molecule has 1 rings (SSSR count). The lowest BCUT2D eigenvalue weighted by molar-refractivity contribution is -0.145. The van der Waals surface area contributed by atoms with Crippen molar-refractivity contribution in [2.24, 2.45) is 0 Å². The molecular formula is C36H57F5O14. The van der Waals surface area contributed by atoms with Crippen molar-refractivity contribution in [3.63, 3.8) is 0 Å². The zero-order valence-electron chi connectivity index (χ0n) is 31.7. The largest absolute Gasteiger partial charge is 0.463 e. The number of carbonyl (C=O) groups is 2. The van der Waals surface area contributed by atoms with E-state index in [9.17, 15) is 31.5 Å². The molecule has 0 heterocycles. The van der Waals surface area contributed by atoms with Crippen molar-refractivity contribution in [2.75, 3.05) is 139 Å². The van der Waals surface area contributed by atoms with Crippen LogP contribution in [0.4, 0.5) is 22.0 Å². The molecule has 0 saturated heterocycles. The molecule has 19 heteroatoms. The lowest BCUT2D eigenvalue weighted by atomic mass is 10.2. The van der Waals surface area contributed by atoms with Crippen LogP contribution in [0.25, 0.3) is 0 Å². The maximum Gasteiger partial charge on any atom is 0.313 e. The fourth-order valence-electron chi connectivity index (χ4n) is 4.06. The van der Waals surface area contributed by atoms with Crippen LogP contribution in [0.3, 0.4) is 0 Å². The average molecular weight is 809 g/mol. The number of esters is 2. The number of rotatable bonds is 39. The second kappa shape index (κ2) is 35.8. The van der Waals surface area contributed by atoms with Gasteiger partial charge in [0.05, 0.1) is 139 Å². The van der Waals surface area contributed by atoms with Gasteiger partial charge in [-0.05, 0) is 6.42 Å². The van der Waals surface area contributed by atoms with Crippen molar-refractivity contribution in [1.29, 1.82) is 0 Å². The first-order valence-corrected chi connectivity index (χ1v) is 18.4. The van der Waals surface area contributed by atoms with Crippen molar-refractivity contribution in [3.8, 4) is 5.75 Å². The normalized spacial score (nSPS) is 11.4. The molecule has 0 aliphatic rings. The van der Waals surface area contributed by atoms with Gasteiger partial charge in [0.1, 0.15) is 6.61 Å². The number of benzene rings is 1. The van der Waals surface area contributed by atoms with E-state index in [1.165, 1.54) is 0 Å². The molecule has 0 bridgehead atoms. The van der Waals surface area contributed by atoms with Crippen LogP contribution in [0.1, 0.15) is 45.4 Å². The number of hydrogen-bond donors (Lipinski definition) is 0. The van der Waals surface area contributed by atoms with Crippen molar-refractivity contribution in [3.05, 3.63) is 29.1 Å². The third-order valence-electron chi connectivity index (χ3n) is 6.91. The van der Waals surface area contributed by atoms with Gasteiger partial charge < -0.3 is 56.8 Å². The Morgan fingerprint density at radius 3 is 1.02 bits per heavy atom. The van der Waals surface area contributed by atoms with Crippen LogP contribution in [-0.2, 0) is 61.7 Å². The summed E-state index contributed by atoms with van der Waals surface area (Å²) >= 11 is 0. The predicted molar refractivity (Wildman–Crippen MR) is 184 cm³/mol. The zero-order chi connectivity index (χ0) is 40.2. The Kier molecular flexibility index (Phi) is 32.8. The molecule has 0 atom stereocenters. The SMILES string of the molecule is CCCCCCC(=O)OCCOCCOCCOCCOCCOCCOCCOCCOCCOCCOCCC(=O)Oc1c(F)c(F)c(F)c(F)c1F. The molecule has 55 heavy (non-hydrogen) atoms. The average Bonchev–Trinajstić information content (AvgIpc) is 3.18. The van der Waals surface area contributed by atoms with Gasteiger partial charge >= 0.3 is 11.9 Å². The summed E-state index contributed by atoms with van der Waals surface area (Å²) in [6, 6.07) is 0. The van der Waals surface area contributed by atoms with Crippen LogP contribution in [0.15, 0.2) is 0 Å². The third-order valence-corrected chi connectivity index (χ3v) is 6.91. The fraction of sp³-hybridized carbons (Fsp3) is 0.778. The lowest BCUT2D eigenvalue weighted by Crippen LogP contribution is -2.16. The van der Waals surface area contributed by atoms with Crippen molar-refractivity contribution < 1.29 is 88.4 Å². The maximum absolute atomic E-state index is 13.6. The van der Waals surface area contributed by atoms with Gasteiger partial charge in [-0.1, -0.05) is 26.2 Å². The summed E-state index contributed by atoms with van der Waals surface area (Å²) in [5.74, 6) is -14.3. The molecule has 1 aromatic rings. The second-order valence-electron chi connectivity index (χ2n) is 11.3. The number of unbranched alkanes of at least 4 members (excludes halogenated alkanes) is 3. The van der Waals surface area contributed by atoms with E-state index in [1.807, 2.05) is 0 Å². The van der Waals surface area contributed by atoms with Crippen LogP contribution >= 0.6 is 0 Å². The Morgan fingerprint density at radius 1 is 0.364 bits per heavy atom. The quantitative estimate of drug-likeness (QED) is 0.0232. The molecule has 0 spiro atoms. The van der Waals surface area contributed by atoms with E-state index in [0.717, 1.165) is 25.7 Å². The number of halogens is 5. The molecule has 0 saturated carbocycles. The minimum absolute atomic E-state index is 0.0761. The van der Waals surface area contributed by atoms with E-state index in [4.69, 9.17) is 52.1 Å². The lowest BCUT2D eigenvalue weighted by Gasteiger charge is -2.09. The second-order valence-corrected chi connectivity index (χ2v) is 11.3. The summed E-state index contributed by atoms with van der Waals surface area (Å²) in [4.78, 5) is 23.2. The Hall–Kier alpha value is -2.59. The minimum atomic E-state index is -2.35. The van der Waals surface area contributed by atoms with Gasteiger partial charge in [-0.2, -0.15) is 8.78 Å². The van der Waals surface area contributed by atoms with E-state index in [0.29, 0.717) is 112 Å². The predicted octanol–water partition coefficient (Wildman–Crippen LogP) is 4.36. The van der Waals surface area contributed by atoms with E-state index >= 15 is 0 Å². The highest BCUT2D eigenvalue weighted by Crippen LogP contribution is 2.29. The van der Waals surface area contributed by atoms with Crippen LogP contribution in [0.5, 0.6) is 5.75 Å². The molecular weight excluding hydrogens is 751 g/mol. The van der Waals surface area contributed by atoms with E-state index in [-0.39, 0.29) is 39.0 Å². The van der Waals surface area contributed by atoms with Gasteiger partial charge in [0.15, 0.2) is 0 Å². The van der Waals surface area contributed by atoms with Crippen LogP contribution in [0, 0.1) is 29.1 Å². The van der Waals surface area contributed by atoms with Crippen LogP contribution in [0.2, 0.25) is 0 Å². The molecule has 0 N–H and O–H groups in total. The van der Waals surface area contributed by atoms with Gasteiger partial charge in [0.25, 0.3) is 0 Å². The number of hydrogen-bond acceptors (Lipinski definition) is 14. The molecule has 0 aliphatic carbocycles. The van der Waals surface area contributed by atoms with Crippen molar-refractivity contribution in [1.82, 2.24) is 0 Å². The summed E-state index contributed by atoms with van der Waals surface area (Å²) in [6.07, 6.45) is 4.16. The molecule has 320 valence electrons. The van der Waals surface area contributed by atoms with E-state index in [2.05, 4.69) is 11.7 Å². The van der Waals surface area contributed by atoms with E-state index in [1.54, 1.807) is 0 Å². The highest BCUT2D eigenvalue weighted by atomic mass is 19.2. The fourth-order valence-corrected chi connectivity index (χ4v) is 4.06. The van der Waals surface area contributed by atoms with Crippen LogP contribution < -0.4 is 4.74 Å². The Morgan fingerprint density at radius 2 is 0.673 bits per heavy atom. The molecule has 0 aromatic heterocycles. The highest BCUT2D eigenvalue weighted by molar-refractivity contribution is 5.72. The van der Waals surface area contributed by atoms with Gasteiger partial charge in [-0.3, -0.25) is 9.59 Å². The molecule has 0 fully saturated rings. The maximum atomic E-state index is 13.6. The summed E-state index contributed by atoms with van der Waals surface area (Å²) in [7, 11) is 0. The number of ether oxygens (including phenoxy) is 12. The van der Waals surface area contributed by atoms with Crippen molar-refractivity contribution in [2.45, 2.75) is 45.4 Å². The topological polar surface area (TPSA) is 145 Å². The molecule has 14 nitrogen and oxygen atoms in total. The Bertz CT molecular complexity index is 1090. The molecule has 1 aromatic carbocycles. The summed E-state index contributed by atoms with van der Waals surface area (Å²) in [6.45, 7) is 9.21. The Balaban J connectivity index is 1.73. The summed E-state index contributed by atoms with van der Waals surface area (Å²) in [5, 5.41) is 0. The summed E-state index contributed by atoms with van der Waals surface area (Å²) < 4.78 is 130. The molecule has 0 aliphatic heterocycles. The number of carbonyl (C=O) groups excluding carboxylic acids is 2.